The average molecular weight is 253 g/mol. The number of pyridine rings is 1. The average Bonchev–Trinajstić information content (AvgIpc) is 2.39. The maximum absolute atomic E-state index is 12.7. The monoisotopic (exact) mass is 253 g/mol. The van der Waals surface area contributed by atoms with E-state index in [0.29, 0.717) is 12.6 Å². The molecule has 0 aromatic carbocycles. The maximum atomic E-state index is 12.7. The molecule has 0 amide bonds. The highest BCUT2D eigenvalue weighted by Crippen LogP contribution is 2.01. The van der Waals surface area contributed by atoms with Gasteiger partial charge >= 0.3 is 0 Å². The first-order chi connectivity index (χ1) is 8.74. The van der Waals surface area contributed by atoms with Gasteiger partial charge in [0.05, 0.1) is 25.1 Å². The van der Waals surface area contributed by atoms with Gasteiger partial charge in [-0.25, -0.2) is 4.39 Å². The fraction of sp³-hybridized carbons (Fsp3) is 0.615. The Hall–Kier alpha value is -1.04. The van der Waals surface area contributed by atoms with E-state index in [2.05, 4.69) is 22.1 Å². The summed E-state index contributed by atoms with van der Waals surface area (Å²) >= 11 is 0. The molecule has 100 valence electrons. The third kappa shape index (κ3) is 4.33. The third-order valence-electron chi connectivity index (χ3n) is 3.06. The lowest BCUT2D eigenvalue weighted by Gasteiger charge is -2.29. The van der Waals surface area contributed by atoms with Crippen LogP contribution < -0.4 is 5.32 Å². The summed E-state index contributed by atoms with van der Waals surface area (Å²) in [6.45, 7) is 7.48. The van der Waals surface area contributed by atoms with Gasteiger partial charge in [-0.1, -0.05) is 0 Å². The Morgan fingerprint density at radius 3 is 2.89 bits per heavy atom. The zero-order valence-electron chi connectivity index (χ0n) is 10.7. The molecule has 1 N–H and O–H groups in total. The normalized spacial score (nSPS) is 18.8. The standard InChI is InChI=1S/C13H20FN3O/c1-11(10-17-4-6-18-7-5-17)15-9-13-3-2-12(14)8-16-13/h2-3,8,11,15H,4-7,9-10H2,1H3. The first kappa shape index (κ1) is 13.4. The molecule has 0 aliphatic carbocycles. The van der Waals surface area contributed by atoms with Crippen LogP contribution in [-0.2, 0) is 11.3 Å². The van der Waals surface area contributed by atoms with E-state index in [1.165, 1.54) is 12.3 Å². The van der Waals surface area contributed by atoms with Gasteiger partial charge in [-0.3, -0.25) is 9.88 Å². The second kappa shape index (κ2) is 6.78. The fourth-order valence-electron chi connectivity index (χ4n) is 2.03. The topological polar surface area (TPSA) is 37.4 Å². The molecule has 0 bridgehead atoms. The lowest BCUT2D eigenvalue weighted by atomic mass is 10.2. The molecule has 0 saturated carbocycles. The molecule has 1 unspecified atom stereocenters. The molecule has 1 aromatic heterocycles. The Morgan fingerprint density at radius 1 is 1.44 bits per heavy atom. The SMILES string of the molecule is CC(CN1CCOCC1)NCc1ccc(F)cn1. The van der Waals surface area contributed by atoms with Crippen LogP contribution in [0, 0.1) is 5.82 Å². The van der Waals surface area contributed by atoms with Crippen molar-refractivity contribution in [3.05, 3.63) is 29.8 Å². The summed E-state index contributed by atoms with van der Waals surface area (Å²) < 4.78 is 18.0. The Kier molecular flexibility index (Phi) is 5.04. The number of nitrogens with zero attached hydrogens (tertiary/aromatic N) is 2. The molecule has 1 fully saturated rings. The van der Waals surface area contributed by atoms with Crippen molar-refractivity contribution in [1.82, 2.24) is 15.2 Å². The predicted octanol–water partition coefficient (Wildman–Crippen LogP) is 1.03. The molecule has 5 heteroatoms. The Labute approximate surface area is 107 Å². The molecule has 0 radical (unpaired) electrons. The van der Waals surface area contributed by atoms with E-state index in [9.17, 15) is 4.39 Å². The molecule has 1 aliphatic rings. The lowest BCUT2D eigenvalue weighted by molar-refractivity contribution is 0.0343. The fourth-order valence-corrected chi connectivity index (χ4v) is 2.03. The zero-order chi connectivity index (χ0) is 12.8. The Balaban J connectivity index is 1.70. The van der Waals surface area contributed by atoms with Crippen molar-refractivity contribution < 1.29 is 9.13 Å². The van der Waals surface area contributed by atoms with Gasteiger partial charge < -0.3 is 10.1 Å². The van der Waals surface area contributed by atoms with E-state index < -0.39 is 0 Å². The van der Waals surface area contributed by atoms with Gasteiger partial charge in [0.2, 0.25) is 0 Å². The maximum Gasteiger partial charge on any atom is 0.141 e. The molecule has 1 aromatic rings. The van der Waals surface area contributed by atoms with Gasteiger partial charge in [0, 0.05) is 32.2 Å². The van der Waals surface area contributed by atoms with Crippen LogP contribution in [0.5, 0.6) is 0 Å². The summed E-state index contributed by atoms with van der Waals surface area (Å²) in [7, 11) is 0. The van der Waals surface area contributed by atoms with Crippen molar-refractivity contribution in [2.45, 2.75) is 19.5 Å². The first-order valence-electron chi connectivity index (χ1n) is 6.38. The van der Waals surface area contributed by atoms with Crippen LogP contribution in [0.25, 0.3) is 0 Å². The van der Waals surface area contributed by atoms with Crippen LogP contribution in [0.3, 0.4) is 0 Å². The number of ether oxygens (including phenoxy) is 1. The number of morpholine rings is 1. The highest BCUT2D eigenvalue weighted by atomic mass is 19.1. The minimum atomic E-state index is -0.292. The second-order valence-electron chi connectivity index (χ2n) is 4.66. The van der Waals surface area contributed by atoms with Gasteiger partial charge in [0.25, 0.3) is 0 Å². The van der Waals surface area contributed by atoms with Gasteiger partial charge in [-0.05, 0) is 19.1 Å². The molecule has 18 heavy (non-hydrogen) atoms. The summed E-state index contributed by atoms with van der Waals surface area (Å²) in [5, 5.41) is 3.40. The van der Waals surface area contributed by atoms with Crippen LogP contribution >= 0.6 is 0 Å². The van der Waals surface area contributed by atoms with Gasteiger partial charge in [-0.2, -0.15) is 0 Å². The first-order valence-corrected chi connectivity index (χ1v) is 6.38. The van der Waals surface area contributed by atoms with E-state index in [1.807, 2.05) is 0 Å². The van der Waals surface area contributed by atoms with Crippen molar-refractivity contribution in [2.75, 3.05) is 32.8 Å². The zero-order valence-corrected chi connectivity index (χ0v) is 10.7. The van der Waals surface area contributed by atoms with Gasteiger partial charge in [0.1, 0.15) is 5.82 Å². The number of halogens is 1. The molecule has 2 heterocycles. The largest absolute Gasteiger partial charge is 0.379 e. The van der Waals surface area contributed by atoms with Crippen LogP contribution in [0.4, 0.5) is 4.39 Å². The Morgan fingerprint density at radius 2 is 2.22 bits per heavy atom. The third-order valence-corrected chi connectivity index (χ3v) is 3.06. The highest BCUT2D eigenvalue weighted by molar-refractivity contribution is 5.04. The van der Waals surface area contributed by atoms with E-state index in [1.54, 1.807) is 6.07 Å². The molecular weight excluding hydrogens is 233 g/mol. The summed E-state index contributed by atoms with van der Waals surface area (Å²) in [5.74, 6) is -0.292. The minimum Gasteiger partial charge on any atom is -0.379 e. The lowest BCUT2D eigenvalue weighted by Crippen LogP contribution is -2.44. The van der Waals surface area contributed by atoms with Crippen molar-refractivity contribution in [2.24, 2.45) is 0 Å². The quantitative estimate of drug-likeness (QED) is 0.850. The number of hydrogen-bond donors (Lipinski definition) is 1. The summed E-state index contributed by atoms with van der Waals surface area (Å²) in [6.07, 6.45) is 1.25. The number of hydrogen-bond acceptors (Lipinski definition) is 4. The summed E-state index contributed by atoms with van der Waals surface area (Å²) in [6, 6.07) is 3.54. The second-order valence-corrected chi connectivity index (χ2v) is 4.66. The van der Waals surface area contributed by atoms with Gasteiger partial charge in [-0.15, -0.1) is 0 Å². The van der Waals surface area contributed by atoms with E-state index in [0.717, 1.165) is 38.5 Å². The molecule has 1 atom stereocenters. The summed E-state index contributed by atoms with van der Waals surface area (Å²) in [4.78, 5) is 6.41. The van der Waals surface area contributed by atoms with Crippen molar-refractivity contribution in [3.8, 4) is 0 Å². The van der Waals surface area contributed by atoms with Crippen LogP contribution in [0.2, 0.25) is 0 Å². The van der Waals surface area contributed by atoms with E-state index in [-0.39, 0.29) is 5.82 Å². The minimum absolute atomic E-state index is 0.292. The number of rotatable bonds is 5. The number of nitrogens with one attached hydrogen (secondary N) is 1. The van der Waals surface area contributed by atoms with Crippen molar-refractivity contribution in [1.29, 1.82) is 0 Å². The molecule has 1 aliphatic heterocycles. The van der Waals surface area contributed by atoms with Crippen LogP contribution in [0.15, 0.2) is 18.3 Å². The van der Waals surface area contributed by atoms with Crippen LogP contribution in [0.1, 0.15) is 12.6 Å². The summed E-state index contributed by atoms with van der Waals surface area (Å²) in [5.41, 5.74) is 0.866. The van der Waals surface area contributed by atoms with Crippen molar-refractivity contribution >= 4 is 0 Å². The molecule has 4 nitrogen and oxygen atoms in total. The molecule has 2 rings (SSSR count). The van der Waals surface area contributed by atoms with Crippen molar-refractivity contribution in [3.63, 3.8) is 0 Å². The van der Waals surface area contributed by atoms with E-state index in [4.69, 9.17) is 4.74 Å². The highest BCUT2D eigenvalue weighted by Gasteiger charge is 2.13. The predicted molar refractivity (Wildman–Crippen MR) is 67.8 cm³/mol. The molecule has 1 saturated heterocycles. The smallest absolute Gasteiger partial charge is 0.141 e. The van der Waals surface area contributed by atoms with Gasteiger partial charge in [0.15, 0.2) is 0 Å². The Bertz CT molecular complexity index is 352. The van der Waals surface area contributed by atoms with Crippen LogP contribution in [-0.4, -0.2) is 48.8 Å². The molecular formula is C13H20FN3O. The number of aromatic nitrogens is 1. The van der Waals surface area contributed by atoms with E-state index >= 15 is 0 Å². The molecule has 0 spiro atoms.